The fourth-order valence-corrected chi connectivity index (χ4v) is 8.37. The van der Waals surface area contributed by atoms with E-state index in [0.717, 1.165) is 11.1 Å². The van der Waals surface area contributed by atoms with Crippen LogP contribution in [0.25, 0.3) is 21.9 Å². The third-order valence-electron chi connectivity index (χ3n) is 9.13. The van der Waals surface area contributed by atoms with Gasteiger partial charge in [-0.2, -0.15) is 15.1 Å². The number of anilines is 1. The number of hydrogen-bond acceptors (Lipinski definition) is 13. The number of nitrogens with two attached hydrogens (primary N) is 1. The van der Waals surface area contributed by atoms with E-state index in [4.69, 9.17) is 29.2 Å². The van der Waals surface area contributed by atoms with Crippen LogP contribution in [0.15, 0.2) is 60.7 Å². The Kier molecular flexibility index (Phi) is 9.79. The van der Waals surface area contributed by atoms with Crippen LogP contribution in [0.4, 0.5) is 5.95 Å². The normalized spacial score (nSPS) is 23.3. The summed E-state index contributed by atoms with van der Waals surface area (Å²) in [7, 11) is -3.31. The summed E-state index contributed by atoms with van der Waals surface area (Å²) in [6, 6.07) is 16.9. The molecule has 6 atom stereocenters. The van der Waals surface area contributed by atoms with Crippen molar-refractivity contribution >= 4 is 64.2 Å². The van der Waals surface area contributed by atoms with Gasteiger partial charge >= 0.3 is 13.7 Å². The summed E-state index contributed by atoms with van der Waals surface area (Å²) in [5, 5.41) is 26.3. The molecule has 3 aromatic carbocycles. The largest absolute Gasteiger partial charge is 0.487 e. The Bertz CT molecular complexity index is 2190. The molecule has 52 heavy (non-hydrogen) atoms. The van der Waals surface area contributed by atoms with Gasteiger partial charge in [-0.25, -0.2) is 9.55 Å². The lowest BCUT2D eigenvalue weighted by molar-refractivity contribution is -0.150. The van der Waals surface area contributed by atoms with Crippen molar-refractivity contribution in [1.29, 1.82) is 0 Å². The van der Waals surface area contributed by atoms with Crippen LogP contribution in [0.5, 0.6) is 17.4 Å². The zero-order valence-electron chi connectivity index (χ0n) is 28.2. The van der Waals surface area contributed by atoms with E-state index < -0.39 is 43.8 Å². The lowest BCUT2D eigenvalue weighted by Crippen LogP contribution is -2.45. The van der Waals surface area contributed by atoms with Gasteiger partial charge in [-0.1, -0.05) is 54.6 Å². The first-order valence-corrected chi connectivity index (χ1v) is 18.9. The number of benzene rings is 3. The second-order valence-electron chi connectivity index (χ2n) is 12.8. The van der Waals surface area contributed by atoms with Crippen LogP contribution < -0.4 is 24.8 Å². The van der Waals surface area contributed by atoms with E-state index in [2.05, 4.69) is 20.0 Å². The maximum absolute atomic E-state index is 13.5. The number of nitrogen functional groups attached to an aromatic ring is 1. The number of aliphatic hydroxyl groups excluding tert-OH is 1. The van der Waals surface area contributed by atoms with Crippen molar-refractivity contribution < 1.29 is 47.9 Å². The summed E-state index contributed by atoms with van der Waals surface area (Å²) in [4.78, 5) is 36.7. The van der Waals surface area contributed by atoms with Gasteiger partial charge in [0.2, 0.25) is 11.8 Å². The molecule has 6 N–H and O–H groups in total. The Balaban J connectivity index is 1.08. The molecule has 0 amide bonds. The number of rotatable bonds is 11. The molecule has 18 heteroatoms. The Labute approximate surface area is 311 Å². The molecular weight excluding hydrogens is 810 g/mol. The molecule has 1 unspecified atom stereocenters. The minimum Gasteiger partial charge on any atom is -0.487 e. The third kappa shape index (κ3) is 6.89. The predicted octanol–water partition coefficient (Wildman–Crippen LogP) is 3.43. The number of hydrogen-bond donors (Lipinski definition) is 5. The topological polar surface area (TPSA) is 223 Å². The summed E-state index contributed by atoms with van der Waals surface area (Å²) in [6.07, 6.45) is -3.04. The molecule has 0 bridgehead atoms. The van der Waals surface area contributed by atoms with E-state index in [1.54, 1.807) is 36.4 Å². The first kappa shape index (κ1) is 36.3. The van der Waals surface area contributed by atoms with Crippen molar-refractivity contribution in [1.82, 2.24) is 24.6 Å². The quantitative estimate of drug-likeness (QED) is 0.0556. The van der Waals surface area contributed by atoms with Crippen molar-refractivity contribution in [2.75, 3.05) is 19.5 Å². The minimum absolute atomic E-state index is 0.0422. The van der Waals surface area contributed by atoms with E-state index in [0.29, 0.717) is 27.4 Å². The molecule has 3 heterocycles. The van der Waals surface area contributed by atoms with Crippen LogP contribution in [0, 0.1) is 3.83 Å². The number of aliphatic hydroxyl groups is 2. The van der Waals surface area contributed by atoms with Crippen LogP contribution in [0.3, 0.4) is 0 Å². The molecule has 274 valence electrons. The van der Waals surface area contributed by atoms with E-state index in [-0.39, 0.29) is 47.2 Å². The molecule has 5 aromatic rings. The van der Waals surface area contributed by atoms with E-state index in [9.17, 15) is 24.5 Å². The number of nitrogens with one attached hydrogen (secondary N) is 1. The van der Waals surface area contributed by atoms with Gasteiger partial charge in [0.15, 0.2) is 32.7 Å². The zero-order valence-corrected chi connectivity index (χ0v) is 31.2. The number of methoxy groups -OCH3 is 1. The Morgan fingerprint density at radius 2 is 1.83 bits per heavy atom. The molecule has 16 nitrogen and oxygen atoms in total. The van der Waals surface area contributed by atoms with Gasteiger partial charge in [-0.15, -0.1) is 0 Å². The maximum atomic E-state index is 13.5. The number of nitrogens with zero attached hydrogens (tertiary/aromatic N) is 4. The summed E-state index contributed by atoms with van der Waals surface area (Å²) in [6.45, 7) is 2.50. The van der Waals surface area contributed by atoms with E-state index >= 15 is 0 Å². The van der Waals surface area contributed by atoms with Crippen molar-refractivity contribution in [2.45, 2.75) is 62.9 Å². The van der Waals surface area contributed by atoms with Crippen LogP contribution >= 0.6 is 30.3 Å². The molecule has 2 aromatic heterocycles. The second-order valence-corrected chi connectivity index (χ2v) is 15.3. The number of carbonyl (C=O) groups is 1. The molecule has 1 saturated heterocycles. The van der Waals surface area contributed by atoms with Crippen LogP contribution in [0.2, 0.25) is 0 Å². The number of halogens is 1. The number of carbonyl (C=O) groups excluding carboxylic acids is 1. The van der Waals surface area contributed by atoms with Crippen molar-refractivity contribution in [3.8, 4) is 17.4 Å². The number of imidazole rings is 1. The van der Waals surface area contributed by atoms with E-state index in [1.165, 1.54) is 25.5 Å². The fraction of sp³-hybridized carbons (Fsp3) is 0.353. The highest BCUT2D eigenvalue weighted by atomic mass is 127. The fourth-order valence-electron chi connectivity index (χ4n) is 6.56. The van der Waals surface area contributed by atoms with Gasteiger partial charge in [0.1, 0.15) is 36.6 Å². The van der Waals surface area contributed by atoms with Crippen molar-refractivity contribution in [3.63, 3.8) is 0 Å². The number of aromatic nitrogens is 4. The molecule has 1 aliphatic heterocycles. The first-order valence-electron chi connectivity index (χ1n) is 16.3. The minimum atomic E-state index is -4.72. The van der Waals surface area contributed by atoms with Gasteiger partial charge in [0.05, 0.1) is 7.11 Å². The molecule has 2 aliphatic rings. The van der Waals surface area contributed by atoms with Gasteiger partial charge in [-0.05, 0) is 36.4 Å². The lowest BCUT2D eigenvalue weighted by atomic mass is 9.96. The van der Waals surface area contributed by atoms with Gasteiger partial charge in [0, 0.05) is 40.8 Å². The monoisotopic (exact) mass is 846 g/mol. The van der Waals surface area contributed by atoms with Crippen molar-refractivity contribution in [3.05, 3.63) is 75.6 Å². The number of ether oxygens (including phenoxy) is 4. The molecule has 1 fully saturated rings. The van der Waals surface area contributed by atoms with E-state index in [1.807, 2.05) is 46.9 Å². The first-order chi connectivity index (χ1) is 24.8. The highest BCUT2D eigenvalue weighted by Gasteiger charge is 2.54. The Morgan fingerprint density at radius 1 is 1.13 bits per heavy atom. The number of esters is 1. The standard InChI is InChI=1S/C34H36IN6O10P/c1-17(30(43)49-21-14-19-9-4-5-10-20(19)15-21)40-52(45,46)51-26-22-11-7-6-8-18(22)12-13-23(26)48-16-24-27(42)34(2,44)31(50-24)41-28-25(37-32(41)35)29(47-3)39-33(36)38-28/h4-13,17,21,24,27,31,42,44H,14-16H2,1-3H3,(H2,36,38,39)(H2,40,45,46)/t17-,24+,27+,31+,34+/m0/s1. The van der Waals surface area contributed by atoms with Gasteiger partial charge in [0.25, 0.3) is 0 Å². The van der Waals surface area contributed by atoms with Crippen LogP contribution in [-0.4, -0.2) is 84.3 Å². The lowest BCUT2D eigenvalue weighted by Gasteiger charge is -2.27. The molecule has 1 aliphatic carbocycles. The van der Waals surface area contributed by atoms with Gasteiger partial charge in [-0.3, -0.25) is 9.36 Å². The van der Waals surface area contributed by atoms with Gasteiger partial charge < -0.3 is 44.3 Å². The maximum Gasteiger partial charge on any atom is 0.457 e. The average Bonchev–Trinajstić information content (AvgIpc) is 3.73. The van der Waals surface area contributed by atoms with Crippen molar-refractivity contribution in [2.24, 2.45) is 0 Å². The SMILES string of the molecule is COc1nc(N)nc2c1nc(I)n2[C@@H]1O[C@H](COc2ccc3ccccc3c2OP(=O)(O)N[C@@H](C)C(=O)OC2Cc3ccccc3C2)[C@@H](O)[C@@]1(C)O. The summed E-state index contributed by atoms with van der Waals surface area (Å²) in [5.41, 5.74) is 6.73. The average molecular weight is 847 g/mol. The molecule has 7 rings (SSSR count). The molecule has 0 spiro atoms. The zero-order chi connectivity index (χ0) is 36.9. The summed E-state index contributed by atoms with van der Waals surface area (Å²) in [5.74, 6) is -0.714. The molecular formula is C34H36IN6O10P. The Hall–Kier alpha value is -4.10. The highest BCUT2D eigenvalue weighted by Crippen LogP contribution is 2.47. The smallest absolute Gasteiger partial charge is 0.457 e. The highest BCUT2D eigenvalue weighted by molar-refractivity contribution is 14.1. The number of fused-ring (bicyclic) bond motifs is 3. The molecule has 0 saturated carbocycles. The van der Waals surface area contributed by atoms with Crippen LogP contribution in [-0.2, 0) is 31.7 Å². The molecule has 0 radical (unpaired) electrons. The Morgan fingerprint density at radius 3 is 2.54 bits per heavy atom. The second kappa shape index (κ2) is 14.0. The third-order valence-corrected chi connectivity index (χ3v) is 11.0. The van der Waals surface area contributed by atoms with Crippen LogP contribution in [0.1, 0.15) is 31.2 Å². The summed E-state index contributed by atoms with van der Waals surface area (Å²) < 4.78 is 44.3. The predicted molar refractivity (Wildman–Crippen MR) is 196 cm³/mol. The summed E-state index contributed by atoms with van der Waals surface area (Å²) >= 11 is 1.94.